The average molecular weight is 514 g/mol. The van der Waals surface area contributed by atoms with Gasteiger partial charge in [0, 0.05) is 21.4 Å². The molecule has 2 rings (SSSR count). The van der Waals surface area contributed by atoms with Crippen molar-refractivity contribution >= 4 is 42.6 Å². The fourth-order valence-electron chi connectivity index (χ4n) is 3.38. The van der Waals surface area contributed by atoms with Crippen molar-refractivity contribution in [2.24, 2.45) is 0 Å². The molecule has 0 fully saturated rings. The lowest BCUT2D eigenvalue weighted by Gasteiger charge is -2.17. The van der Waals surface area contributed by atoms with Crippen molar-refractivity contribution in [3.63, 3.8) is 0 Å². The molecule has 0 spiro atoms. The van der Waals surface area contributed by atoms with Crippen LogP contribution >= 0.6 is 31.9 Å². The van der Waals surface area contributed by atoms with Crippen LogP contribution < -0.4 is 9.47 Å². The number of unbranched alkanes of at least 4 members (excludes halogenated alkanes) is 6. The highest BCUT2D eigenvalue weighted by Crippen LogP contribution is 2.37. The molecule has 28 heavy (non-hydrogen) atoms. The summed E-state index contributed by atoms with van der Waals surface area (Å²) >= 11 is 6.99. The maximum Gasteiger partial charge on any atom is 0.130 e. The normalized spacial score (nSPS) is 11.1. The van der Waals surface area contributed by atoms with Gasteiger partial charge in [-0.1, -0.05) is 75.2 Å². The van der Waals surface area contributed by atoms with Gasteiger partial charge < -0.3 is 9.47 Å². The lowest BCUT2D eigenvalue weighted by atomic mass is 10.0. The molecule has 0 heterocycles. The highest BCUT2D eigenvalue weighted by Gasteiger charge is 2.12. The minimum absolute atomic E-state index is 0.776. The van der Waals surface area contributed by atoms with Gasteiger partial charge in [-0.05, 0) is 57.2 Å². The predicted octanol–water partition coefficient (Wildman–Crippen LogP) is 8.12. The second-order valence-electron chi connectivity index (χ2n) is 7.47. The Kier molecular flexibility index (Phi) is 11.3. The van der Waals surface area contributed by atoms with Gasteiger partial charge in [0.05, 0.1) is 13.2 Å². The molecule has 0 aliphatic carbocycles. The smallest absolute Gasteiger partial charge is 0.130 e. The van der Waals surface area contributed by atoms with E-state index in [1.165, 1.54) is 54.9 Å². The molecule has 0 amide bonds. The van der Waals surface area contributed by atoms with Gasteiger partial charge in [0.25, 0.3) is 0 Å². The van der Waals surface area contributed by atoms with Gasteiger partial charge in [0.2, 0.25) is 0 Å². The number of aryl methyl sites for hydroxylation is 2. The Labute approximate surface area is 187 Å². The maximum atomic E-state index is 6.22. The molecule has 2 aromatic rings. The summed E-state index contributed by atoms with van der Waals surface area (Å²) in [4.78, 5) is 0. The van der Waals surface area contributed by atoms with Crippen LogP contribution in [0.15, 0.2) is 24.3 Å². The Morgan fingerprint density at radius 1 is 0.679 bits per heavy atom. The molecule has 2 aromatic carbocycles. The summed E-state index contributed by atoms with van der Waals surface area (Å²) in [7, 11) is 0. The number of hydrogen-bond donors (Lipinski definition) is 0. The quantitative estimate of drug-likeness (QED) is 0.187. The second kappa shape index (κ2) is 13.5. The van der Waals surface area contributed by atoms with Crippen molar-refractivity contribution < 1.29 is 9.47 Å². The molecule has 156 valence electrons. The van der Waals surface area contributed by atoms with E-state index in [4.69, 9.17) is 9.47 Å². The molecule has 0 saturated heterocycles. The summed E-state index contributed by atoms with van der Waals surface area (Å²) in [6.45, 7) is 5.81. The summed E-state index contributed by atoms with van der Waals surface area (Å²) in [6.07, 6.45) is 9.65. The summed E-state index contributed by atoms with van der Waals surface area (Å²) in [5.41, 5.74) is 2.41. The molecule has 0 saturated carbocycles. The van der Waals surface area contributed by atoms with Gasteiger partial charge in [0.1, 0.15) is 11.5 Å². The largest absolute Gasteiger partial charge is 0.493 e. The standard InChI is InChI=1S/C24H34Br2O2/c1-19-11-12-21-22(17-19)23(27-15-9-5-3-7-13-25)18-20(2)24(21)28-16-10-6-4-8-14-26/h11-12,17-18H,3-10,13-16H2,1-2H3. The van der Waals surface area contributed by atoms with Crippen LogP contribution in [0.1, 0.15) is 62.5 Å². The first kappa shape index (κ1) is 23.5. The number of fused-ring (bicyclic) bond motifs is 1. The second-order valence-corrected chi connectivity index (χ2v) is 9.06. The van der Waals surface area contributed by atoms with Crippen LogP contribution in [-0.2, 0) is 0 Å². The monoisotopic (exact) mass is 512 g/mol. The van der Waals surface area contributed by atoms with E-state index in [0.29, 0.717) is 0 Å². The van der Waals surface area contributed by atoms with Gasteiger partial charge in [-0.15, -0.1) is 0 Å². The van der Waals surface area contributed by atoms with E-state index in [-0.39, 0.29) is 0 Å². The van der Waals surface area contributed by atoms with Crippen LogP contribution in [0, 0.1) is 13.8 Å². The number of rotatable bonds is 14. The predicted molar refractivity (Wildman–Crippen MR) is 129 cm³/mol. The molecule has 0 aliphatic rings. The number of alkyl halides is 2. The molecule has 0 N–H and O–H groups in total. The molecule has 0 unspecified atom stereocenters. The molecule has 0 atom stereocenters. The first-order valence-corrected chi connectivity index (χ1v) is 12.8. The Bertz CT molecular complexity index is 715. The van der Waals surface area contributed by atoms with Gasteiger partial charge in [-0.3, -0.25) is 0 Å². The van der Waals surface area contributed by atoms with E-state index in [1.54, 1.807) is 0 Å². The summed E-state index contributed by atoms with van der Waals surface area (Å²) in [6, 6.07) is 8.72. The van der Waals surface area contributed by atoms with E-state index >= 15 is 0 Å². The molecule has 0 aliphatic heterocycles. The minimum Gasteiger partial charge on any atom is -0.493 e. The van der Waals surface area contributed by atoms with Gasteiger partial charge in [-0.2, -0.15) is 0 Å². The van der Waals surface area contributed by atoms with Crippen molar-refractivity contribution in [3.8, 4) is 11.5 Å². The molecule has 0 radical (unpaired) electrons. The highest BCUT2D eigenvalue weighted by atomic mass is 79.9. The van der Waals surface area contributed by atoms with Crippen LogP contribution in [-0.4, -0.2) is 23.9 Å². The van der Waals surface area contributed by atoms with Gasteiger partial charge in [-0.25, -0.2) is 0 Å². The van der Waals surface area contributed by atoms with Crippen LogP contribution in [0.5, 0.6) is 11.5 Å². The third kappa shape index (κ3) is 7.59. The topological polar surface area (TPSA) is 18.5 Å². The van der Waals surface area contributed by atoms with E-state index in [9.17, 15) is 0 Å². The Morgan fingerprint density at radius 2 is 1.29 bits per heavy atom. The zero-order chi connectivity index (χ0) is 20.2. The lowest BCUT2D eigenvalue weighted by molar-refractivity contribution is 0.300. The van der Waals surface area contributed by atoms with E-state index < -0.39 is 0 Å². The van der Waals surface area contributed by atoms with Crippen LogP contribution in [0.25, 0.3) is 10.8 Å². The molecule has 4 heteroatoms. The SMILES string of the molecule is Cc1ccc2c(OCCCCCCBr)c(C)cc(OCCCCCCBr)c2c1. The maximum absolute atomic E-state index is 6.22. The first-order valence-electron chi connectivity index (χ1n) is 10.6. The first-order chi connectivity index (χ1) is 13.7. The van der Waals surface area contributed by atoms with Crippen molar-refractivity contribution in [1.82, 2.24) is 0 Å². The number of ether oxygens (including phenoxy) is 2. The third-order valence-electron chi connectivity index (χ3n) is 4.95. The number of benzene rings is 2. The van der Waals surface area contributed by atoms with E-state index in [0.717, 1.165) is 53.8 Å². The molecule has 2 nitrogen and oxygen atoms in total. The average Bonchev–Trinajstić information content (AvgIpc) is 2.69. The van der Waals surface area contributed by atoms with Crippen LogP contribution in [0.4, 0.5) is 0 Å². The number of halogens is 2. The molecule has 0 bridgehead atoms. The summed E-state index contributed by atoms with van der Waals surface area (Å²) in [5, 5.41) is 4.52. The fraction of sp³-hybridized carbons (Fsp3) is 0.583. The zero-order valence-corrected chi connectivity index (χ0v) is 20.5. The molecule has 0 aromatic heterocycles. The lowest BCUT2D eigenvalue weighted by Crippen LogP contribution is -2.03. The van der Waals surface area contributed by atoms with Crippen LogP contribution in [0.3, 0.4) is 0 Å². The Hall–Kier alpha value is -0.740. The van der Waals surface area contributed by atoms with Gasteiger partial charge >= 0.3 is 0 Å². The summed E-state index contributed by atoms with van der Waals surface area (Å²) < 4.78 is 12.4. The summed E-state index contributed by atoms with van der Waals surface area (Å²) in [5.74, 6) is 2.00. The van der Waals surface area contributed by atoms with Crippen molar-refractivity contribution in [3.05, 3.63) is 35.4 Å². The van der Waals surface area contributed by atoms with Crippen molar-refractivity contribution in [1.29, 1.82) is 0 Å². The van der Waals surface area contributed by atoms with Crippen molar-refractivity contribution in [2.75, 3.05) is 23.9 Å². The Morgan fingerprint density at radius 3 is 1.93 bits per heavy atom. The minimum atomic E-state index is 0.776. The number of hydrogen-bond acceptors (Lipinski definition) is 2. The Balaban J connectivity index is 2.05. The van der Waals surface area contributed by atoms with Gasteiger partial charge in [0.15, 0.2) is 0 Å². The van der Waals surface area contributed by atoms with Crippen molar-refractivity contribution in [2.45, 2.75) is 65.2 Å². The van der Waals surface area contributed by atoms with E-state index in [1.807, 2.05) is 0 Å². The molecular weight excluding hydrogens is 480 g/mol. The third-order valence-corrected chi connectivity index (χ3v) is 6.07. The zero-order valence-electron chi connectivity index (χ0n) is 17.4. The fourth-order valence-corrected chi connectivity index (χ4v) is 4.17. The van der Waals surface area contributed by atoms with Crippen LogP contribution in [0.2, 0.25) is 0 Å². The van der Waals surface area contributed by atoms with E-state index in [2.05, 4.69) is 70.0 Å². The highest BCUT2D eigenvalue weighted by molar-refractivity contribution is 9.09. The molecular formula is C24H34Br2O2.